The van der Waals surface area contributed by atoms with Gasteiger partial charge in [-0.25, -0.2) is 0 Å². The maximum atomic E-state index is 5.48. The molecule has 0 aromatic rings. The van der Waals surface area contributed by atoms with Crippen LogP contribution in [0.15, 0.2) is 0 Å². The van der Waals surface area contributed by atoms with Crippen LogP contribution in [0.3, 0.4) is 0 Å². The first-order valence-electron chi connectivity index (χ1n) is 4.43. The quantitative estimate of drug-likeness (QED) is 0.586. The predicted molar refractivity (Wildman–Crippen MR) is 44.4 cm³/mol. The minimum Gasteiger partial charge on any atom is -0.359 e. The number of ether oxygens (including phenoxy) is 2. The highest BCUT2D eigenvalue weighted by Crippen LogP contribution is 2.25. The van der Waals surface area contributed by atoms with Crippen molar-refractivity contribution in [3.8, 4) is 0 Å². The molecule has 1 saturated carbocycles. The molecule has 1 fully saturated rings. The second-order valence-corrected chi connectivity index (χ2v) is 3.47. The molecule has 0 aromatic carbocycles. The van der Waals surface area contributed by atoms with E-state index in [4.69, 9.17) is 9.47 Å². The van der Waals surface area contributed by atoms with Gasteiger partial charge in [0.1, 0.15) is 6.79 Å². The SMILES string of the molecule is COCOC1CCCC(C)C1. The van der Waals surface area contributed by atoms with Gasteiger partial charge in [-0.15, -0.1) is 0 Å². The summed E-state index contributed by atoms with van der Waals surface area (Å²) in [6, 6.07) is 0. The largest absolute Gasteiger partial charge is 0.359 e. The molecule has 0 N–H and O–H groups in total. The molecule has 0 bridgehead atoms. The average molecular weight is 158 g/mol. The number of methoxy groups -OCH3 is 1. The van der Waals surface area contributed by atoms with Gasteiger partial charge in [-0.3, -0.25) is 0 Å². The van der Waals surface area contributed by atoms with Crippen molar-refractivity contribution < 1.29 is 9.47 Å². The summed E-state index contributed by atoms with van der Waals surface area (Å²) in [5.74, 6) is 0.839. The third kappa shape index (κ3) is 3.21. The van der Waals surface area contributed by atoms with E-state index in [0.29, 0.717) is 12.9 Å². The summed E-state index contributed by atoms with van der Waals surface area (Å²) in [5, 5.41) is 0. The molecule has 11 heavy (non-hydrogen) atoms. The normalized spacial score (nSPS) is 32.2. The van der Waals surface area contributed by atoms with Crippen molar-refractivity contribution in [3.63, 3.8) is 0 Å². The Kier molecular flexibility index (Phi) is 3.87. The van der Waals surface area contributed by atoms with Crippen LogP contribution in [-0.4, -0.2) is 20.0 Å². The van der Waals surface area contributed by atoms with Crippen LogP contribution in [0, 0.1) is 5.92 Å². The van der Waals surface area contributed by atoms with Crippen molar-refractivity contribution in [2.75, 3.05) is 13.9 Å². The zero-order chi connectivity index (χ0) is 8.10. The van der Waals surface area contributed by atoms with Gasteiger partial charge in [-0.05, 0) is 18.8 Å². The fraction of sp³-hybridized carbons (Fsp3) is 1.00. The van der Waals surface area contributed by atoms with Gasteiger partial charge in [0.15, 0.2) is 0 Å². The first-order valence-corrected chi connectivity index (χ1v) is 4.43. The van der Waals surface area contributed by atoms with Crippen LogP contribution >= 0.6 is 0 Å². The molecule has 2 atom stereocenters. The maximum Gasteiger partial charge on any atom is 0.146 e. The van der Waals surface area contributed by atoms with Crippen molar-refractivity contribution >= 4 is 0 Å². The third-order valence-electron chi connectivity index (χ3n) is 2.31. The lowest BCUT2D eigenvalue weighted by Gasteiger charge is -2.26. The maximum absolute atomic E-state index is 5.48. The van der Waals surface area contributed by atoms with E-state index in [1.54, 1.807) is 7.11 Å². The van der Waals surface area contributed by atoms with E-state index < -0.39 is 0 Å². The second-order valence-electron chi connectivity index (χ2n) is 3.47. The first kappa shape index (κ1) is 9.01. The average Bonchev–Trinajstić information content (AvgIpc) is 2.01. The molecule has 1 aliphatic rings. The van der Waals surface area contributed by atoms with Gasteiger partial charge in [0, 0.05) is 7.11 Å². The molecule has 2 nitrogen and oxygen atoms in total. The van der Waals surface area contributed by atoms with E-state index in [9.17, 15) is 0 Å². The molecule has 0 aliphatic heterocycles. The van der Waals surface area contributed by atoms with Crippen LogP contribution in [0.1, 0.15) is 32.6 Å². The van der Waals surface area contributed by atoms with Gasteiger partial charge in [-0.1, -0.05) is 19.8 Å². The highest BCUT2D eigenvalue weighted by Gasteiger charge is 2.18. The third-order valence-corrected chi connectivity index (χ3v) is 2.31. The summed E-state index contributed by atoms with van der Waals surface area (Å²) in [5.41, 5.74) is 0. The zero-order valence-electron chi connectivity index (χ0n) is 7.51. The van der Waals surface area contributed by atoms with Crippen molar-refractivity contribution in [1.29, 1.82) is 0 Å². The monoisotopic (exact) mass is 158 g/mol. The smallest absolute Gasteiger partial charge is 0.146 e. The molecule has 0 saturated heterocycles. The predicted octanol–water partition coefficient (Wildman–Crippen LogP) is 2.19. The molecule has 2 unspecified atom stereocenters. The Morgan fingerprint density at radius 2 is 2.18 bits per heavy atom. The van der Waals surface area contributed by atoms with E-state index in [1.165, 1.54) is 25.7 Å². The zero-order valence-corrected chi connectivity index (χ0v) is 7.51. The molecule has 0 amide bonds. The Bertz CT molecular complexity index is 104. The molecule has 1 rings (SSSR count). The lowest BCUT2D eigenvalue weighted by molar-refractivity contribution is -0.0872. The highest BCUT2D eigenvalue weighted by atomic mass is 16.7. The van der Waals surface area contributed by atoms with Gasteiger partial charge < -0.3 is 9.47 Å². The Morgan fingerprint density at radius 3 is 2.82 bits per heavy atom. The summed E-state index contributed by atoms with van der Waals surface area (Å²) in [6.45, 7) is 2.75. The van der Waals surface area contributed by atoms with Crippen molar-refractivity contribution in [2.24, 2.45) is 5.92 Å². The summed E-state index contributed by atoms with van der Waals surface area (Å²) in [4.78, 5) is 0. The van der Waals surface area contributed by atoms with E-state index in [2.05, 4.69) is 6.92 Å². The fourth-order valence-electron chi connectivity index (χ4n) is 1.69. The van der Waals surface area contributed by atoms with Crippen LogP contribution in [0.4, 0.5) is 0 Å². The molecular formula is C9H18O2. The first-order chi connectivity index (χ1) is 5.33. The van der Waals surface area contributed by atoms with Crippen LogP contribution in [-0.2, 0) is 9.47 Å². The van der Waals surface area contributed by atoms with Crippen molar-refractivity contribution in [2.45, 2.75) is 38.7 Å². The van der Waals surface area contributed by atoms with Gasteiger partial charge in [0.05, 0.1) is 6.10 Å². The van der Waals surface area contributed by atoms with E-state index in [-0.39, 0.29) is 0 Å². The number of hydrogen-bond acceptors (Lipinski definition) is 2. The van der Waals surface area contributed by atoms with E-state index in [1.807, 2.05) is 0 Å². The van der Waals surface area contributed by atoms with Crippen LogP contribution < -0.4 is 0 Å². The number of rotatable bonds is 3. The number of hydrogen-bond donors (Lipinski definition) is 0. The van der Waals surface area contributed by atoms with E-state index in [0.717, 1.165) is 5.92 Å². The van der Waals surface area contributed by atoms with Crippen molar-refractivity contribution in [1.82, 2.24) is 0 Å². The molecular weight excluding hydrogens is 140 g/mol. The van der Waals surface area contributed by atoms with Crippen molar-refractivity contribution in [3.05, 3.63) is 0 Å². The van der Waals surface area contributed by atoms with Crippen LogP contribution in [0.2, 0.25) is 0 Å². The Hall–Kier alpha value is -0.0800. The molecule has 2 heteroatoms. The molecule has 1 aliphatic carbocycles. The fourth-order valence-corrected chi connectivity index (χ4v) is 1.69. The topological polar surface area (TPSA) is 18.5 Å². The Balaban J connectivity index is 2.12. The standard InChI is InChI=1S/C9H18O2/c1-8-4-3-5-9(6-8)11-7-10-2/h8-9H,3-7H2,1-2H3. The summed E-state index contributed by atoms with van der Waals surface area (Å²) in [6.07, 6.45) is 5.57. The lowest BCUT2D eigenvalue weighted by Crippen LogP contribution is -2.22. The van der Waals surface area contributed by atoms with Crippen LogP contribution in [0.5, 0.6) is 0 Å². The lowest BCUT2D eigenvalue weighted by atomic mass is 9.89. The van der Waals surface area contributed by atoms with Gasteiger partial charge >= 0.3 is 0 Å². The molecule has 66 valence electrons. The second kappa shape index (κ2) is 4.73. The highest BCUT2D eigenvalue weighted by molar-refractivity contribution is 4.69. The minimum atomic E-state index is 0.456. The van der Waals surface area contributed by atoms with Crippen LogP contribution in [0.25, 0.3) is 0 Å². The summed E-state index contributed by atoms with van der Waals surface area (Å²) >= 11 is 0. The Labute approximate surface area is 68.9 Å². The molecule has 0 heterocycles. The summed E-state index contributed by atoms with van der Waals surface area (Å²) < 4.78 is 10.3. The van der Waals surface area contributed by atoms with Gasteiger partial charge in [0.25, 0.3) is 0 Å². The minimum absolute atomic E-state index is 0.456. The van der Waals surface area contributed by atoms with Gasteiger partial charge in [-0.2, -0.15) is 0 Å². The molecule has 0 radical (unpaired) electrons. The molecule has 0 aromatic heterocycles. The summed E-state index contributed by atoms with van der Waals surface area (Å²) in [7, 11) is 1.67. The molecule has 0 spiro atoms. The Morgan fingerprint density at radius 1 is 1.36 bits per heavy atom. The van der Waals surface area contributed by atoms with Gasteiger partial charge in [0.2, 0.25) is 0 Å². The van der Waals surface area contributed by atoms with E-state index >= 15 is 0 Å².